The van der Waals surface area contributed by atoms with Crippen molar-refractivity contribution in [2.45, 2.75) is 59.3 Å². The SMILES string of the molecule is Cc1nc2c(OCc3c(F)cccc3F)cc(Cl)cn2c1C(=O)NC(C)(C)CNC(=O)OC(C)(C)C. The van der Waals surface area contributed by atoms with Gasteiger partial charge in [-0.25, -0.2) is 18.6 Å². The van der Waals surface area contributed by atoms with E-state index < -0.39 is 41.4 Å². The predicted octanol–water partition coefficient (Wildman–Crippen LogP) is 5.19. The topological polar surface area (TPSA) is 94.0 Å². The minimum atomic E-state index is -0.842. The fraction of sp³-hybridized carbons (Fsp3) is 0.400. The Kier molecular flexibility index (Phi) is 7.78. The summed E-state index contributed by atoms with van der Waals surface area (Å²) in [5.41, 5.74) is -0.903. The van der Waals surface area contributed by atoms with Crippen LogP contribution in [0, 0.1) is 18.6 Å². The Labute approximate surface area is 212 Å². The zero-order valence-corrected chi connectivity index (χ0v) is 21.7. The van der Waals surface area contributed by atoms with Gasteiger partial charge in [-0.2, -0.15) is 0 Å². The monoisotopic (exact) mass is 522 g/mol. The van der Waals surface area contributed by atoms with Crippen LogP contribution in [0.1, 0.15) is 56.4 Å². The molecule has 0 spiro atoms. The van der Waals surface area contributed by atoms with E-state index in [1.54, 1.807) is 41.5 Å². The van der Waals surface area contributed by atoms with Crippen LogP contribution in [0.4, 0.5) is 13.6 Å². The Morgan fingerprint density at radius 1 is 1.14 bits per heavy atom. The lowest BCUT2D eigenvalue weighted by Gasteiger charge is -2.27. The highest BCUT2D eigenvalue weighted by atomic mass is 35.5. The van der Waals surface area contributed by atoms with Crippen LogP contribution in [0.25, 0.3) is 5.65 Å². The highest BCUT2D eigenvalue weighted by Gasteiger charge is 2.27. The Balaban J connectivity index is 1.81. The van der Waals surface area contributed by atoms with E-state index in [4.69, 9.17) is 21.1 Å². The molecule has 0 atom stereocenters. The maximum absolute atomic E-state index is 14.0. The van der Waals surface area contributed by atoms with Gasteiger partial charge in [0, 0.05) is 18.8 Å². The molecular weight excluding hydrogens is 494 g/mol. The molecule has 2 heterocycles. The first-order valence-corrected chi connectivity index (χ1v) is 11.6. The molecule has 0 saturated carbocycles. The molecule has 11 heteroatoms. The van der Waals surface area contributed by atoms with E-state index in [9.17, 15) is 18.4 Å². The van der Waals surface area contributed by atoms with Gasteiger partial charge in [-0.15, -0.1) is 0 Å². The minimum absolute atomic E-state index is 0.104. The van der Waals surface area contributed by atoms with Crippen LogP contribution in [-0.4, -0.2) is 39.1 Å². The van der Waals surface area contributed by atoms with Crippen LogP contribution in [0.2, 0.25) is 5.02 Å². The summed E-state index contributed by atoms with van der Waals surface area (Å²) < 4.78 is 40.4. The Hall–Kier alpha value is -3.40. The molecule has 0 bridgehead atoms. The van der Waals surface area contributed by atoms with E-state index in [2.05, 4.69) is 15.6 Å². The van der Waals surface area contributed by atoms with Gasteiger partial charge in [0.25, 0.3) is 5.91 Å². The third-order valence-corrected chi connectivity index (χ3v) is 5.21. The number of nitrogens with zero attached hydrogens (tertiary/aromatic N) is 2. The van der Waals surface area contributed by atoms with Crippen LogP contribution < -0.4 is 15.4 Å². The quantitative estimate of drug-likeness (QED) is 0.445. The molecule has 3 rings (SSSR count). The summed E-state index contributed by atoms with van der Waals surface area (Å²) in [6, 6.07) is 4.99. The molecule has 0 saturated heterocycles. The van der Waals surface area contributed by atoms with Crippen molar-refractivity contribution in [3.05, 3.63) is 64.1 Å². The number of benzene rings is 1. The molecule has 0 aliphatic carbocycles. The third-order valence-electron chi connectivity index (χ3n) is 5.00. The molecular formula is C25H29ClF2N4O4. The van der Waals surface area contributed by atoms with Gasteiger partial charge in [-0.3, -0.25) is 9.20 Å². The molecule has 8 nitrogen and oxygen atoms in total. The zero-order valence-electron chi connectivity index (χ0n) is 21.0. The van der Waals surface area contributed by atoms with E-state index in [0.717, 1.165) is 12.1 Å². The van der Waals surface area contributed by atoms with Gasteiger partial charge in [-0.05, 0) is 53.7 Å². The van der Waals surface area contributed by atoms with Gasteiger partial charge in [0.2, 0.25) is 0 Å². The third kappa shape index (κ3) is 6.63. The molecule has 1 aromatic carbocycles. The van der Waals surface area contributed by atoms with E-state index >= 15 is 0 Å². The van der Waals surface area contributed by atoms with E-state index in [1.807, 2.05) is 0 Å². The molecule has 2 aromatic heterocycles. The summed E-state index contributed by atoms with van der Waals surface area (Å²) in [6.07, 6.45) is 0.893. The molecule has 0 fully saturated rings. The van der Waals surface area contributed by atoms with Gasteiger partial charge in [0.05, 0.1) is 21.8 Å². The first kappa shape index (κ1) is 27.2. The fourth-order valence-electron chi connectivity index (χ4n) is 3.41. The maximum Gasteiger partial charge on any atom is 0.407 e. The van der Waals surface area contributed by atoms with Crippen LogP contribution in [0.5, 0.6) is 5.75 Å². The Morgan fingerprint density at radius 2 is 1.78 bits per heavy atom. The normalized spacial score (nSPS) is 11.9. The van der Waals surface area contributed by atoms with Crippen molar-refractivity contribution in [3.63, 3.8) is 0 Å². The van der Waals surface area contributed by atoms with Crippen molar-refractivity contribution in [3.8, 4) is 5.75 Å². The average Bonchev–Trinajstić information content (AvgIpc) is 3.06. The summed E-state index contributed by atoms with van der Waals surface area (Å²) in [5.74, 6) is -1.80. The van der Waals surface area contributed by atoms with Gasteiger partial charge < -0.3 is 20.1 Å². The highest BCUT2D eigenvalue weighted by molar-refractivity contribution is 6.30. The standard InChI is InChI=1S/C25H29ClF2N4O4/c1-14-20(22(33)31-25(5,6)13-29-23(34)36-24(2,3)4)32-11-15(26)10-19(21(32)30-14)35-12-16-17(27)8-7-9-18(16)28/h7-11H,12-13H2,1-6H3,(H,29,34)(H,31,33). The molecule has 0 unspecified atom stereocenters. The van der Waals surface area contributed by atoms with Gasteiger partial charge in [0.15, 0.2) is 11.4 Å². The number of carbonyl (C=O) groups excluding carboxylic acids is 2. The first-order chi connectivity index (χ1) is 16.7. The number of alkyl carbamates (subject to hydrolysis) is 1. The van der Waals surface area contributed by atoms with Crippen LogP contribution >= 0.6 is 11.6 Å². The van der Waals surface area contributed by atoms with E-state index in [0.29, 0.717) is 5.69 Å². The summed E-state index contributed by atoms with van der Waals surface area (Å²) in [4.78, 5) is 29.6. The van der Waals surface area contributed by atoms with E-state index in [-0.39, 0.29) is 34.2 Å². The highest BCUT2D eigenvalue weighted by Crippen LogP contribution is 2.28. The van der Waals surface area contributed by atoms with Crippen molar-refractivity contribution in [2.24, 2.45) is 0 Å². The number of hydrogen-bond acceptors (Lipinski definition) is 5. The van der Waals surface area contributed by atoms with Crippen molar-refractivity contribution in [1.29, 1.82) is 0 Å². The molecule has 36 heavy (non-hydrogen) atoms. The van der Waals surface area contributed by atoms with Crippen LogP contribution in [0.15, 0.2) is 30.5 Å². The number of amides is 2. The lowest BCUT2D eigenvalue weighted by atomic mass is 10.1. The first-order valence-electron chi connectivity index (χ1n) is 11.2. The number of rotatable bonds is 7. The lowest BCUT2D eigenvalue weighted by molar-refractivity contribution is 0.0509. The molecule has 0 aliphatic heterocycles. The number of nitrogens with one attached hydrogen (secondary N) is 2. The van der Waals surface area contributed by atoms with Crippen molar-refractivity contribution in [1.82, 2.24) is 20.0 Å². The number of halogens is 3. The van der Waals surface area contributed by atoms with E-state index in [1.165, 1.54) is 22.7 Å². The number of fused-ring (bicyclic) bond motifs is 1. The second kappa shape index (κ2) is 10.3. The number of hydrogen-bond donors (Lipinski definition) is 2. The Bertz CT molecular complexity index is 1280. The molecule has 194 valence electrons. The van der Waals surface area contributed by atoms with Gasteiger partial charge in [0.1, 0.15) is 29.5 Å². The van der Waals surface area contributed by atoms with Crippen molar-refractivity contribution < 1.29 is 27.8 Å². The second-order valence-corrected chi connectivity index (χ2v) is 10.4. The second-order valence-electron chi connectivity index (χ2n) is 9.94. The molecule has 2 amide bonds. The number of carbonyl (C=O) groups is 2. The number of imidazole rings is 1. The molecule has 2 N–H and O–H groups in total. The van der Waals surface area contributed by atoms with Crippen LogP contribution in [-0.2, 0) is 11.3 Å². The number of aromatic nitrogens is 2. The summed E-state index contributed by atoms with van der Waals surface area (Å²) in [7, 11) is 0. The number of aryl methyl sites for hydroxylation is 1. The minimum Gasteiger partial charge on any atom is -0.485 e. The van der Waals surface area contributed by atoms with Crippen LogP contribution in [0.3, 0.4) is 0 Å². The maximum atomic E-state index is 14.0. The number of pyridine rings is 1. The van der Waals surface area contributed by atoms with Gasteiger partial charge in [-0.1, -0.05) is 17.7 Å². The average molecular weight is 523 g/mol. The van der Waals surface area contributed by atoms with Crippen molar-refractivity contribution in [2.75, 3.05) is 6.54 Å². The summed E-state index contributed by atoms with van der Waals surface area (Å²) in [5, 5.41) is 5.74. The summed E-state index contributed by atoms with van der Waals surface area (Å²) in [6.45, 7) is 10.1. The summed E-state index contributed by atoms with van der Waals surface area (Å²) >= 11 is 6.25. The molecule has 0 radical (unpaired) electrons. The largest absolute Gasteiger partial charge is 0.485 e. The molecule has 0 aliphatic rings. The zero-order chi connectivity index (χ0) is 26.8. The lowest BCUT2D eigenvalue weighted by Crippen LogP contribution is -2.52. The smallest absolute Gasteiger partial charge is 0.407 e. The predicted molar refractivity (Wildman–Crippen MR) is 131 cm³/mol. The van der Waals surface area contributed by atoms with Crippen molar-refractivity contribution >= 4 is 29.2 Å². The van der Waals surface area contributed by atoms with Gasteiger partial charge >= 0.3 is 6.09 Å². The number of ether oxygens (including phenoxy) is 2. The fourth-order valence-corrected chi connectivity index (χ4v) is 3.61. The Morgan fingerprint density at radius 3 is 2.39 bits per heavy atom. The molecule has 3 aromatic rings.